The predicted molar refractivity (Wildman–Crippen MR) is 128 cm³/mol. The molecule has 2 amide bonds. The number of ether oxygens (including phenoxy) is 1. The predicted octanol–water partition coefficient (Wildman–Crippen LogP) is 2.27. The van der Waals surface area contributed by atoms with E-state index in [-0.39, 0.29) is 41.7 Å². The number of carbonyl (C=O) groups excluding carboxylic acids is 2. The maximum atomic E-state index is 12.5. The van der Waals surface area contributed by atoms with Crippen LogP contribution in [0, 0.1) is 0 Å². The lowest BCUT2D eigenvalue weighted by Gasteiger charge is -2.25. The number of rotatable bonds is 5. The van der Waals surface area contributed by atoms with E-state index in [1.807, 2.05) is 48.2 Å². The number of nitrogens with one attached hydrogen (secondary N) is 1. The van der Waals surface area contributed by atoms with Gasteiger partial charge in [0.15, 0.2) is 15.0 Å². The average molecular weight is 483 g/mol. The third-order valence-electron chi connectivity index (χ3n) is 4.94. The number of carbonyl (C=O) groups is 2. The Labute approximate surface area is 193 Å². The highest BCUT2D eigenvalue weighted by atomic mass is 32.2. The summed E-state index contributed by atoms with van der Waals surface area (Å²) in [5.41, 5.74) is 1.19. The van der Waals surface area contributed by atoms with Gasteiger partial charge in [-0.05, 0) is 45.0 Å². The molecule has 0 spiro atoms. The molecule has 1 aromatic rings. The van der Waals surface area contributed by atoms with E-state index in [1.165, 1.54) is 11.8 Å². The molecule has 1 N–H and O–H groups in total. The number of amides is 2. The second-order valence-electron chi connectivity index (χ2n) is 9.05. The molecule has 2 aliphatic rings. The molecule has 2 heterocycles. The van der Waals surface area contributed by atoms with Crippen molar-refractivity contribution in [2.24, 2.45) is 4.99 Å². The number of anilines is 2. The molecular formula is C21H30N4O5S2. The van der Waals surface area contributed by atoms with Crippen molar-refractivity contribution in [3.8, 4) is 0 Å². The van der Waals surface area contributed by atoms with Gasteiger partial charge >= 0.3 is 6.09 Å². The zero-order valence-corrected chi connectivity index (χ0v) is 20.6. The molecule has 11 heteroatoms. The normalized spacial score (nSPS) is 23.2. The van der Waals surface area contributed by atoms with Crippen LogP contribution in [0.1, 0.15) is 27.2 Å². The second kappa shape index (κ2) is 9.30. The van der Waals surface area contributed by atoms with Crippen LogP contribution in [0.15, 0.2) is 29.3 Å². The third kappa shape index (κ3) is 6.16. The Kier molecular flexibility index (Phi) is 7.09. The van der Waals surface area contributed by atoms with E-state index in [9.17, 15) is 18.0 Å². The summed E-state index contributed by atoms with van der Waals surface area (Å²) in [7, 11) is 0.753. The fourth-order valence-corrected chi connectivity index (χ4v) is 7.46. The summed E-state index contributed by atoms with van der Waals surface area (Å²) >= 11 is 1.33. The van der Waals surface area contributed by atoms with Gasteiger partial charge in [-0.3, -0.25) is 4.79 Å². The monoisotopic (exact) mass is 482 g/mol. The van der Waals surface area contributed by atoms with E-state index in [0.29, 0.717) is 5.17 Å². The summed E-state index contributed by atoms with van der Waals surface area (Å²) < 4.78 is 29.5. The van der Waals surface area contributed by atoms with Gasteiger partial charge in [-0.25, -0.2) is 13.2 Å². The molecule has 1 aromatic carbocycles. The van der Waals surface area contributed by atoms with Crippen molar-refractivity contribution in [2.45, 2.75) is 44.1 Å². The molecule has 176 valence electrons. The molecule has 0 saturated carbocycles. The lowest BCUT2D eigenvalue weighted by atomic mass is 10.2. The summed E-state index contributed by atoms with van der Waals surface area (Å²) in [5.74, 6) is -0.281. The van der Waals surface area contributed by atoms with Gasteiger partial charge in [0.25, 0.3) is 0 Å². The van der Waals surface area contributed by atoms with Gasteiger partial charge < -0.3 is 19.9 Å². The number of alkyl carbamates (subject to hydrolysis) is 1. The fraction of sp³-hybridized carbons (Fsp3) is 0.571. The SMILES string of the molecule is CN(C)c1ccc(N2C(=NC(=O)CCNC(=O)OC(C)(C)C)S[C@@H]3CS(=O)(=O)C[C@@H]32)cc1. The summed E-state index contributed by atoms with van der Waals surface area (Å²) in [6.45, 7) is 5.39. The van der Waals surface area contributed by atoms with Crippen molar-refractivity contribution in [1.29, 1.82) is 0 Å². The Balaban J connectivity index is 1.73. The van der Waals surface area contributed by atoms with E-state index in [2.05, 4.69) is 10.3 Å². The van der Waals surface area contributed by atoms with Gasteiger partial charge in [0.1, 0.15) is 5.60 Å². The van der Waals surface area contributed by atoms with Crippen LogP contribution in [0.3, 0.4) is 0 Å². The van der Waals surface area contributed by atoms with Crippen molar-refractivity contribution in [3.63, 3.8) is 0 Å². The molecule has 2 saturated heterocycles. The van der Waals surface area contributed by atoms with E-state index < -0.39 is 21.5 Å². The summed E-state index contributed by atoms with van der Waals surface area (Å²) in [6, 6.07) is 7.45. The van der Waals surface area contributed by atoms with Crippen LogP contribution < -0.4 is 15.1 Å². The third-order valence-corrected chi connectivity index (χ3v) is 8.15. The molecule has 2 atom stereocenters. The summed E-state index contributed by atoms with van der Waals surface area (Å²) in [5, 5.41) is 2.88. The number of amidine groups is 1. The van der Waals surface area contributed by atoms with Crippen LogP contribution in [0.25, 0.3) is 0 Å². The highest BCUT2D eigenvalue weighted by molar-refractivity contribution is 8.16. The van der Waals surface area contributed by atoms with E-state index in [0.717, 1.165) is 11.4 Å². The zero-order chi connectivity index (χ0) is 23.7. The molecule has 2 aliphatic heterocycles. The Morgan fingerprint density at radius 2 is 1.88 bits per heavy atom. The lowest BCUT2D eigenvalue weighted by Crippen LogP contribution is -2.38. The Morgan fingerprint density at radius 1 is 1.22 bits per heavy atom. The van der Waals surface area contributed by atoms with Crippen LogP contribution >= 0.6 is 11.8 Å². The van der Waals surface area contributed by atoms with Crippen LogP contribution in [0.5, 0.6) is 0 Å². The summed E-state index contributed by atoms with van der Waals surface area (Å²) in [6.07, 6.45) is -0.569. The minimum absolute atomic E-state index is 0.0182. The Hall–Kier alpha value is -2.27. The van der Waals surface area contributed by atoms with E-state index >= 15 is 0 Å². The molecule has 0 aliphatic carbocycles. The first kappa shape index (κ1) is 24.4. The Morgan fingerprint density at radius 3 is 2.47 bits per heavy atom. The van der Waals surface area contributed by atoms with Gasteiger partial charge in [0, 0.05) is 43.7 Å². The average Bonchev–Trinajstić information content (AvgIpc) is 3.10. The van der Waals surface area contributed by atoms with Gasteiger partial charge in [-0.2, -0.15) is 4.99 Å². The first-order chi connectivity index (χ1) is 14.8. The number of nitrogens with zero attached hydrogens (tertiary/aromatic N) is 3. The van der Waals surface area contributed by atoms with Crippen LogP contribution in [0.2, 0.25) is 0 Å². The van der Waals surface area contributed by atoms with Crippen molar-refractivity contribution in [3.05, 3.63) is 24.3 Å². The van der Waals surface area contributed by atoms with Crippen LogP contribution in [-0.2, 0) is 19.4 Å². The first-order valence-electron chi connectivity index (χ1n) is 10.4. The Bertz CT molecular complexity index is 1000. The maximum Gasteiger partial charge on any atom is 0.407 e. The molecule has 9 nitrogen and oxygen atoms in total. The topological polar surface area (TPSA) is 108 Å². The van der Waals surface area contributed by atoms with Gasteiger partial charge in [0.2, 0.25) is 5.91 Å². The fourth-order valence-electron chi connectivity index (χ4n) is 3.53. The minimum atomic E-state index is -3.13. The van der Waals surface area contributed by atoms with Crippen molar-refractivity contribution >= 4 is 50.1 Å². The number of fused-ring (bicyclic) bond motifs is 1. The lowest BCUT2D eigenvalue weighted by molar-refractivity contribution is -0.117. The molecule has 0 unspecified atom stereocenters. The molecule has 3 rings (SSSR count). The van der Waals surface area contributed by atoms with Gasteiger partial charge in [0.05, 0.1) is 17.5 Å². The molecule has 0 aromatic heterocycles. The number of hydrogen-bond acceptors (Lipinski definition) is 7. The molecule has 2 fully saturated rings. The zero-order valence-electron chi connectivity index (χ0n) is 19.0. The molecule has 0 radical (unpaired) electrons. The van der Waals surface area contributed by atoms with E-state index in [4.69, 9.17) is 4.74 Å². The van der Waals surface area contributed by atoms with Crippen LogP contribution in [0.4, 0.5) is 16.2 Å². The van der Waals surface area contributed by atoms with Gasteiger partial charge in [-0.1, -0.05) is 11.8 Å². The highest BCUT2D eigenvalue weighted by Crippen LogP contribution is 2.41. The minimum Gasteiger partial charge on any atom is -0.444 e. The summed E-state index contributed by atoms with van der Waals surface area (Å²) in [4.78, 5) is 32.3. The number of thioether (sulfide) groups is 1. The van der Waals surface area contributed by atoms with Gasteiger partial charge in [-0.15, -0.1) is 0 Å². The smallest absolute Gasteiger partial charge is 0.407 e. The van der Waals surface area contributed by atoms with Crippen molar-refractivity contribution in [2.75, 3.05) is 41.9 Å². The molecule has 0 bridgehead atoms. The standard InChI is InChI=1S/C21H30N4O5S2/c1-21(2,3)30-20(27)22-11-10-18(26)23-19-25(15-8-6-14(7-9-15)24(4)5)16-12-32(28,29)13-17(16)31-19/h6-9,16-17H,10-13H2,1-5H3,(H,22,27)/t16-,17+/m0/s1. The second-order valence-corrected chi connectivity index (χ2v) is 12.4. The number of benzene rings is 1. The molecule has 32 heavy (non-hydrogen) atoms. The quantitative estimate of drug-likeness (QED) is 0.681. The van der Waals surface area contributed by atoms with Crippen molar-refractivity contribution < 1.29 is 22.7 Å². The first-order valence-corrected chi connectivity index (χ1v) is 13.1. The number of hydrogen-bond donors (Lipinski definition) is 1. The van der Waals surface area contributed by atoms with Crippen molar-refractivity contribution in [1.82, 2.24) is 5.32 Å². The largest absolute Gasteiger partial charge is 0.444 e. The van der Waals surface area contributed by atoms with Crippen LogP contribution in [-0.4, -0.2) is 74.6 Å². The number of sulfone groups is 1. The maximum absolute atomic E-state index is 12.5. The highest BCUT2D eigenvalue weighted by Gasteiger charge is 2.49. The molecular weight excluding hydrogens is 452 g/mol. The number of aliphatic imine (C=N–C) groups is 1. The van der Waals surface area contributed by atoms with E-state index in [1.54, 1.807) is 20.8 Å².